The van der Waals surface area contributed by atoms with E-state index in [1.165, 1.54) is 0 Å². The molecule has 14 heavy (non-hydrogen) atoms. The van der Waals surface area contributed by atoms with Gasteiger partial charge in [-0.2, -0.15) is 5.10 Å². The Hall–Kier alpha value is -1.52. The summed E-state index contributed by atoms with van der Waals surface area (Å²) in [5, 5.41) is 9.80. The minimum Gasteiger partial charge on any atom is -0.360 e. The molecule has 0 fully saturated rings. The minimum atomic E-state index is -0.0225. The maximum Gasteiger partial charge on any atom is 0.239 e. The summed E-state index contributed by atoms with van der Waals surface area (Å²) in [5.74, 6) is 0.692. The Morgan fingerprint density at radius 2 is 2.36 bits per heavy atom. The molecule has 0 saturated carbocycles. The zero-order valence-corrected chi connectivity index (χ0v) is 8.74. The summed E-state index contributed by atoms with van der Waals surface area (Å²) < 4.78 is 1.68. The number of hydrogen-bond acceptors (Lipinski definition) is 3. The van der Waals surface area contributed by atoms with Crippen LogP contribution in [0.2, 0.25) is 0 Å². The van der Waals surface area contributed by atoms with Crippen molar-refractivity contribution >= 4 is 11.7 Å². The molecule has 0 aliphatic heterocycles. The molecule has 0 radical (unpaired) electrons. The fraction of sp³-hybridized carbons (Fsp3) is 0.556. The van der Waals surface area contributed by atoms with Crippen LogP contribution < -0.4 is 10.6 Å². The third kappa shape index (κ3) is 3.47. The molecule has 0 aliphatic rings. The molecular formula is C9H16N4O. The second-order valence-electron chi connectivity index (χ2n) is 3.45. The van der Waals surface area contributed by atoms with Gasteiger partial charge in [0.1, 0.15) is 5.82 Å². The summed E-state index contributed by atoms with van der Waals surface area (Å²) in [6.07, 6.45) is 1.82. The van der Waals surface area contributed by atoms with Crippen LogP contribution in [0.1, 0.15) is 13.8 Å². The second kappa shape index (κ2) is 4.64. The lowest BCUT2D eigenvalue weighted by Gasteiger charge is -2.08. The average Bonchev–Trinajstić information content (AvgIpc) is 2.47. The summed E-state index contributed by atoms with van der Waals surface area (Å²) in [7, 11) is 1.83. The topological polar surface area (TPSA) is 59.0 Å². The maximum atomic E-state index is 11.2. The molecule has 1 amide bonds. The molecule has 5 nitrogen and oxygen atoms in total. The van der Waals surface area contributed by atoms with Crippen molar-refractivity contribution in [1.82, 2.24) is 15.1 Å². The zero-order valence-electron chi connectivity index (χ0n) is 8.74. The van der Waals surface area contributed by atoms with Gasteiger partial charge in [-0.1, -0.05) is 0 Å². The van der Waals surface area contributed by atoms with Gasteiger partial charge in [-0.15, -0.1) is 0 Å². The summed E-state index contributed by atoms with van der Waals surface area (Å²) in [5.41, 5.74) is 0. The van der Waals surface area contributed by atoms with E-state index in [0.29, 0.717) is 5.82 Å². The van der Waals surface area contributed by atoms with Crippen molar-refractivity contribution in [2.75, 3.05) is 11.9 Å². The molecule has 0 saturated heterocycles. The summed E-state index contributed by atoms with van der Waals surface area (Å²) in [6, 6.07) is 2.00. The molecule has 2 N–H and O–H groups in total. The van der Waals surface area contributed by atoms with Crippen LogP contribution in [0.15, 0.2) is 12.3 Å². The molecule has 1 heterocycles. The van der Waals surface area contributed by atoms with Gasteiger partial charge >= 0.3 is 0 Å². The number of aryl methyl sites for hydroxylation is 1. The SMILES string of the molecule is CC(C)NC(=O)CNc1ccn(C)n1. The molecule has 0 aromatic carbocycles. The lowest BCUT2D eigenvalue weighted by molar-refractivity contribution is -0.119. The number of anilines is 1. The van der Waals surface area contributed by atoms with E-state index in [2.05, 4.69) is 15.7 Å². The second-order valence-corrected chi connectivity index (χ2v) is 3.45. The predicted molar refractivity (Wildman–Crippen MR) is 55.0 cm³/mol. The minimum absolute atomic E-state index is 0.0225. The summed E-state index contributed by atoms with van der Waals surface area (Å²) >= 11 is 0. The number of hydrogen-bond donors (Lipinski definition) is 2. The fourth-order valence-electron chi connectivity index (χ4n) is 1.05. The molecule has 5 heteroatoms. The van der Waals surface area contributed by atoms with Gasteiger partial charge in [0.05, 0.1) is 6.54 Å². The zero-order chi connectivity index (χ0) is 10.6. The van der Waals surface area contributed by atoms with E-state index in [1.54, 1.807) is 4.68 Å². The van der Waals surface area contributed by atoms with E-state index < -0.39 is 0 Å². The van der Waals surface area contributed by atoms with Crippen LogP contribution in [0.25, 0.3) is 0 Å². The summed E-state index contributed by atoms with van der Waals surface area (Å²) in [4.78, 5) is 11.2. The molecule has 1 aromatic rings. The van der Waals surface area contributed by atoms with Gasteiger partial charge in [-0.05, 0) is 13.8 Å². The van der Waals surface area contributed by atoms with Gasteiger partial charge < -0.3 is 10.6 Å². The fourth-order valence-corrected chi connectivity index (χ4v) is 1.05. The molecule has 0 bridgehead atoms. The van der Waals surface area contributed by atoms with Gasteiger partial charge in [-0.25, -0.2) is 0 Å². The standard InChI is InChI=1S/C9H16N4O/c1-7(2)11-9(14)6-10-8-4-5-13(3)12-8/h4-5,7H,6H2,1-3H3,(H,10,12)(H,11,14). The molecule has 1 rings (SSSR count). The first-order valence-electron chi connectivity index (χ1n) is 4.61. The Morgan fingerprint density at radius 3 is 2.86 bits per heavy atom. The van der Waals surface area contributed by atoms with Gasteiger partial charge in [0, 0.05) is 25.4 Å². The van der Waals surface area contributed by atoms with Crippen LogP contribution in [0.5, 0.6) is 0 Å². The van der Waals surface area contributed by atoms with Crippen molar-refractivity contribution in [2.24, 2.45) is 7.05 Å². The third-order valence-corrected chi connectivity index (χ3v) is 1.59. The van der Waals surface area contributed by atoms with Crippen LogP contribution in [0.3, 0.4) is 0 Å². The van der Waals surface area contributed by atoms with Crippen molar-refractivity contribution in [1.29, 1.82) is 0 Å². The number of aromatic nitrogens is 2. The van der Waals surface area contributed by atoms with Crippen LogP contribution in [0.4, 0.5) is 5.82 Å². The number of carbonyl (C=O) groups excluding carboxylic acids is 1. The number of nitrogens with zero attached hydrogens (tertiary/aromatic N) is 2. The Bertz CT molecular complexity index is 306. The van der Waals surface area contributed by atoms with Crippen LogP contribution in [-0.2, 0) is 11.8 Å². The first kappa shape index (κ1) is 10.6. The van der Waals surface area contributed by atoms with Gasteiger partial charge in [0.15, 0.2) is 0 Å². The Balaban J connectivity index is 2.30. The van der Waals surface area contributed by atoms with E-state index in [4.69, 9.17) is 0 Å². The van der Waals surface area contributed by atoms with Crippen LogP contribution in [-0.4, -0.2) is 28.3 Å². The lowest BCUT2D eigenvalue weighted by atomic mass is 10.4. The number of carbonyl (C=O) groups is 1. The molecule has 1 aromatic heterocycles. The van der Waals surface area contributed by atoms with E-state index in [1.807, 2.05) is 33.2 Å². The average molecular weight is 196 g/mol. The van der Waals surface area contributed by atoms with Crippen molar-refractivity contribution in [3.8, 4) is 0 Å². The number of nitrogens with one attached hydrogen (secondary N) is 2. The highest BCUT2D eigenvalue weighted by molar-refractivity contribution is 5.80. The van der Waals surface area contributed by atoms with E-state index >= 15 is 0 Å². The number of amides is 1. The van der Waals surface area contributed by atoms with Gasteiger partial charge in [-0.3, -0.25) is 9.48 Å². The molecule has 0 spiro atoms. The summed E-state index contributed by atoms with van der Waals surface area (Å²) in [6.45, 7) is 4.12. The van der Waals surface area contributed by atoms with Crippen molar-refractivity contribution < 1.29 is 4.79 Å². The lowest BCUT2D eigenvalue weighted by Crippen LogP contribution is -2.34. The highest BCUT2D eigenvalue weighted by atomic mass is 16.1. The molecule has 0 atom stereocenters. The molecule has 0 unspecified atom stereocenters. The van der Waals surface area contributed by atoms with E-state index in [-0.39, 0.29) is 18.5 Å². The predicted octanol–water partition coefficient (Wildman–Crippen LogP) is 0.357. The Kier molecular flexibility index (Phi) is 3.50. The molecular weight excluding hydrogens is 180 g/mol. The Labute approximate surface area is 83.5 Å². The van der Waals surface area contributed by atoms with Gasteiger partial charge in [0.25, 0.3) is 0 Å². The largest absolute Gasteiger partial charge is 0.360 e. The molecule has 78 valence electrons. The van der Waals surface area contributed by atoms with Crippen LogP contribution in [0, 0.1) is 0 Å². The van der Waals surface area contributed by atoms with E-state index in [9.17, 15) is 4.79 Å². The van der Waals surface area contributed by atoms with Crippen molar-refractivity contribution in [2.45, 2.75) is 19.9 Å². The third-order valence-electron chi connectivity index (χ3n) is 1.59. The number of rotatable bonds is 4. The quantitative estimate of drug-likeness (QED) is 0.731. The first-order chi connectivity index (χ1) is 6.58. The Morgan fingerprint density at radius 1 is 1.64 bits per heavy atom. The van der Waals surface area contributed by atoms with Crippen molar-refractivity contribution in [3.05, 3.63) is 12.3 Å². The maximum absolute atomic E-state index is 11.2. The van der Waals surface area contributed by atoms with E-state index in [0.717, 1.165) is 0 Å². The monoisotopic (exact) mass is 196 g/mol. The highest BCUT2D eigenvalue weighted by Crippen LogP contribution is 1.99. The smallest absolute Gasteiger partial charge is 0.239 e. The normalized spacial score (nSPS) is 10.3. The molecule has 0 aliphatic carbocycles. The first-order valence-corrected chi connectivity index (χ1v) is 4.61. The van der Waals surface area contributed by atoms with Gasteiger partial charge in [0.2, 0.25) is 5.91 Å². The van der Waals surface area contributed by atoms with Crippen molar-refractivity contribution in [3.63, 3.8) is 0 Å². The van der Waals surface area contributed by atoms with Crippen LogP contribution >= 0.6 is 0 Å². The highest BCUT2D eigenvalue weighted by Gasteiger charge is 2.03.